The van der Waals surface area contributed by atoms with Crippen LogP contribution in [0.2, 0.25) is 0 Å². The number of aromatic nitrogens is 2. The molecule has 1 aromatic heterocycles. The molecule has 0 amide bonds. The lowest BCUT2D eigenvalue weighted by Gasteiger charge is -2.28. The van der Waals surface area contributed by atoms with Gasteiger partial charge in [-0.25, -0.2) is 0 Å². The van der Waals surface area contributed by atoms with Gasteiger partial charge in [0, 0.05) is 38.1 Å². The van der Waals surface area contributed by atoms with Gasteiger partial charge >= 0.3 is 0 Å². The van der Waals surface area contributed by atoms with Crippen molar-refractivity contribution in [2.24, 2.45) is 0 Å². The molecular formula is C16H22N4O. The molecule has 0 unspecified atom stereocenters. The fourth-order valence-corrected chi connectivity index (χ4v) is 2.48. The predicted molar refractivity (Wildman–Crippen MR) is 84.7 cm³/mol. The summed E-state index contributed by atoms with van der Waals surface area (Å²) in [5.41, 5.74) is 3.62. The zero-order valence-electron chi connectivity index (χ0n) is 12.5. The maximum atomic E-state index is 5.38. The second-order valence-corrected chi connectivity index (χ2v) is 5.20. The molecular weight excluding hydrogens is 264 g/mol. The van der Waals surface area contributed by atoms with Gasteiger partial charge in [-0.05, 0) is 24.6 Å². The van der Waals surface area contributed by atoms with E-state index in [1.165, 1.54) is 11.3 Å². The van der Waals surface area contributed by atoms with E-state index < -0.39 is 0 Å². The Kier molecular flexibility index (Phi) is 4.40. The minimum absolute atomic E-state index is 0.818. The van der Waals surface area contributed by atoms with Crippen molar-refractivity contribution in [3.63, 3.8) is 0 Å². The number of ether oxygens (including phenoxy) is 1. The lowest BCUT2D eigenvalue weighted by atomic mass is 10.2. The minimum Gasteiger partial charge on any atom is -0.378 e. The number of rotatable bonds is 5. The summed E-state index contributed by atoms with van der Waals surface area (Å²) in [5.74, 6) is 0. The van der Waals surface area contributed by atoms with E-state index in [1.54, 1.807) is 0 Å². The summed E-state index contributed by atoms with van der Waals surface area (Å²) in [5, 5.41) is 7.66. The number of hydrogen-bond donors (Lipinski definition) is 1. The highest BCUT2D eigenvalue weighted by molar-refractivity contribution is 5.48. The van der Waals surface area contributed by atoms with Crippen molar-refractivity contribution in [2.75, 3.05) is 36.5 Å². The first kappa shape index (κ1) is 13.9. The van der Waals surface area contributed by atoms with Gasteiger partial charge in [0.2, 0.25) is 0 Å². The first-order valence-corrected chi connectivity index (χ1v) is 7.53. The predicted octanol–water partition coefficient (Wildman–Crippen LogP) is 2.35. The summed E-state index contributed by atoms with van der Waals surface area (Å²) >= 11 is 0. The quantitative estimate of drug-likeness (QED) is 0.916. The van der Waals surface area contributed by atoms with Crippen LogP contribution in [0.3, 0.4) is 0 Å². The molecule has 1 saturated heterocycles. The van der Waals surface area contributed by atoms with Gasteiger partial charge < -0.3 is 15.0 Å². The first-order valence-electron chi connectivity index (χ1n) is 7.53. The van der Waals surface area contributed by atoms with Crippen molar-refractivity contribution in [1.29, 1.82) is 0 Å². The number of morpholine rings is 1. The Bertz CT molecular complexity index is 558. The van der Waals surface area contributed by atoms with Crippen LogP contribution in [0, 0.1) is 0 Å². The highest BCUT2D eigenvalue weighted by Crippen LogP contribution is 2.17. The first-order chi connectivity index (χ1) is 10.3. The summed E-state index contributed by atoms with van der Waals surface area (Å²) in [6.45, 7) is 7.41. The Balaban J connectivity index is 1.56. The van der Waals surface area contributed by atoms with E-state index in [9.17, 15) is 0 Å². The molecule has 1 aromatic carbocycles. The van der Waals surface area contributed by atoms with Gasteiger partial charge in [0.25, 0.3) is 0 Å². The number of benzene rings is 1. The average molecular weight is 286 g/mol. The SMILES string of the molecule is CCn1cc(NCc2ccc(N3CCOCC3)cc2)cn1. The van der Waals surface area contributed by atoms with Crippen LogP contribution in [-0.2, 0) is 17.8 Å². The molecule has 5 heteroatoms. The molecule has 112 valence electrons. The highest BCUT2D eigenvalue weighted by atomic mass is 16.5. The van der Waals surface area contributed by atoms with Crippen LogP contribution in [0.1, 0.15) is 12.5 Å². The zero-order chi connectivity index (χ0) is 14.5. The molecule has 21 heavy (non-hydrogen) atoms. The molecule has 5 nitrogen and oxygen atoms in total. The van der Waals surface area contributed by atoms with Crippen molar-refractivity contribution >= 4 is 11.4 Å². The molecule has 1 aliphatic heterocycles. The van der Waals surface area contributed by atoms with Crippen molar-refractivity contribution in [3.05, 3.63) is 42.2 Å². The maximum Gasteiger partial charge on any atom is 0.0729 e. The fourth-order valence-electron chi connectivity index (χ4n) is 2.48. The Morgan fingerprint density at radius 2 is 1.95 bits per heavy atom. The smallest absolute Gasteiger partial charge is 0.0729 e. The van der Waals surface area contributed by atoms with E-state index in [0.29, 0.717) is 0 Å². The third kappa shape index (κ3) is 3.55. The molecule has 0 radical (unpaired) electrons. The molecule has 0 bridgehead atoms. The Hall–Kier alpha value is -2.01. The van der Waals surface area contributed by atoms with Gasteiger partial charge in [-0.2, -0.15) is 5.10 Å². The van der Waals surface area contributed by atoms with E-state index in [2.05, 4.69) is 46.5 Å². The van der Waals surface area contributed by atoms with Crippen LogP contribution in [0.5, 0.6) is 0 Å². The second kappa shape index (κ2) is 6.63. The van der Waals surface area contributed by atoms with Gasteiger partial charge in [-0.1, -0.05) is 12.1 Å². The molecule has 3 rings (SSSR count). The monoisotopic (exact) mass is 286 g/mol. The lowest BCUT2D eigenvalue weighted by molar-refractivity contribution is 0.122. The zero-order valence-corrected chi connectivity index (χ0v) is 12.5. The van der Waals surface area contributed by atoms with Crippen molar-refractivity contribution in [2.45, 2.75) is 20.0 Å². The fraction of sp³-hybridized carbons (Fsp3) is 0.438. The summed E-state index contributed by atoms with van der Waals surface area (Å²) < 4.78 is 7.30. The van der Waals surface area contributed by atoms with Crippen LogP contribution in [0.25, 0.3) is 0 Å². The summed E-state index contributed by atoms with van der Waals surface area (Å²) in [7, 11) is 0. The van der Waals surface area contributed by atoms with E-state index in [-0.39, 0.29) is 0 Å². The second-order valence-electron chi connectivity index (χ2n) is 5.20. The van der Waals surface area contributed by atoms with Crippen LogP contribution < -0.4 is 10.2 Å². The number of nitrogens with one attached hydrogen (secondary N) is 1. The maximum absolute atomic E-state index is 5.38. The van der Waals surface area contributed by atoms with Gasteiger partial charge in [0.05, 0.1) is 25.1 Å². The third-order valence-electron chi connectivity index (χ3n) is 3.77. The minimum atomic E-state index is 0.818. The molecule has 0 aliphatic carbocycles. The number of anilines is 2. The van der Waals surface area contributed by atoms with E-state index in [1.807, 2.05) is 17.1 Å². The lowest BCUT2D eigenvalue weighted by Crippen LogP contribution is -2.36. The van der Waals surface area contributed by atoms with Crippen LogP contribution >= 0.6 is 0 Å². The van der Waals surface area contributed by atoms with Crippen molar-refractivity contribution in [3.8, 4) is 0 Å². The van der Waals surface area contributed by atoms with Gasteiger partial charge in [-0.15, -0.1) is 0 Å². The number of aryl methyl sites for hydroxylation is 1. The summed E-state index contributed by atoms with van der Waals surface area (Å²) in [6, 6.07) is 8.75. The van der Waals surface area contributed by atoms with Crippen LogP contribution in [-0.4, -0.2) is 36.1 Å². The van der Waals surface area contributed by atoms with Crippen molar-refractivity contribution < 1.29 is 4.74 Å². The number of nitrogens with zero attached hydrogens (tertiary/aromatic N) is 3. The normalized spacial score (nSPS) is 15.2. The van der Waals surface area contributed by atoms with Crippen molar-refractivity contribution in [1.82, 2.24) is 9.78 Å². The topological polar surface area (TPSA) is 42.3 Å². The highest BCUT2D eigenvalue weighted by Gasteiger charge is 2.10. The number of hydrogen-bond acceptors (Lipinski definition) is 4. The molecule has 0 saturated carbocycles. The molecule has 1 N–H and O–H groups in total. The molecule has 1 fully saturated rings. The Morgan fingerprint density at radius 1 is 1.19 bits per heavy atom. The standard InChI is InChI=1S/C16H22N4O/c1-2-20-13-15(12-18-20)17-11-14-3-5-16(6-4-14)19-7-9-21-10-8-19/h3-6,12-13,17H,2,7-11H2,1H3. The molecule has 0 atom stereocenters. The van der Waals surface area contributed by atoms with Gasteiger partial charge in [0.1, 0.15) is 0 Å². The Morgan fingerprint density at radius 3 is 2.62 bits per heavy atom. The van der Waals surface area contributed by atoms with Crippen LogP contribution in [0.15, 0.2) is 36.7 Å². The van der Waals surface area contributed by atoms with Crippen LogP contribution in [0.4, 0.5) is 11.4 Å². The third-order valence-corrected chi connectivity index (χ3v) is 3.77. The van der Waals surface area contributed by atoms with E-state index >= 15 is 0 Å². The van der Waals surface area contributed by atoms with Gasteiger partial charge in [-0.3, -0.25) is 4.68 Å². The molecule has 0 spiro atoms. The van der Waals surface area contributed by atoms with Gasteiger partial charge in [0.15, 0.2) is 0 Å². The average Bonchev–Trinajstić information content (AvgIpc) is 3.02. The summed E-state index contributed by atoms with van der Waals surface area (Å²) in [6.07, 6.45) is 3.90. The summed E-state index contributed by atoms with van der Waals surface area (Å²) in [4.78, 5) is 2.37. The largest absolute Gasteiger partial charge is 0.378 e. The molecule has 2 heterocycles. The van der Waals surface area contributed by atoms with E-state index in [0.717, 1.165) is 45.1 Å². The van der Waals surface area contributed by atoms with E-state index in [4.69, 9.17) is 4.74 Å². The molecule has 1 aliphatic rings. The molecule has 2 aromatic rings. The Labute approximate surface area is 125 Å².